The summed E-state index contributed by atoms with van der Waals surface area (Å²) in [5.74, 6) is 1.36. The molecule has 25 heavy (non-hydrogen) atoms. The van der Waals surface area contributed by atoms with Crippen LogP contribution in [0.1, 0.15) is 17.9 Å². The van der Waals surface area contributed by atoms with E-state index in [1.165, 1.54) is 10.5 Å². The molecule has 2 aromatic rings. The van der Waals surface area contributed by atoms with Crippen molar-refractivity contribution in [3.8, 4) is 5.88 Å². The van der Waals surface area contributed by atoms with Gasteiger partial charge in [-0.05, 0) is 20.3 Å². The third-order valence-corrected chi connectivity index (χ3v) is 6.13. The van der Waals surface area contributed by atoms with Gasteiger partial charge in [-0.3, -0.25) is 4.98 Å². The Balaban J connectivity index is 1.73. The van der Waals surface area contributed by atoms with Crippen LogP contribution in [0.25, 0.3) is 0 Å². The van der Waals surface area contributed by atoms with E-state index >= 15 is 0 Å². The molecule has 1 saturated heterocycles. The molecule has 1 unspecified atom stereocenters. The van der Waals surface area contributed by atoms with E-state index in [0.717, 1.165) is 0 Å². The Kier molecular flexibility index (Phi) is 4.65. The molecule has 1 aliphatic rings. The molecular weight excluding hydrogens is 346 g/mol. The summed E-state index contributed by atoms with van der Waals surface area (Å²) in [6.45, 7) is 3.84. The zero-order valence-electron chi connectivity index (χ0n) is 14.6. The summed E-state index contributed by atoms with van der Waals surface area (Å²) in [4.78, 5) is 10.4. The van der Waals surface area contributed by atoms with Gasteiger partial charge in [-0.1, -0.05) is 5.16 Å². The van der Waals surface area contributed by atoms with Crippen molar-refractivity contribution in [3.05, 3.63) is 23.8 Å². The third kappa shape index (κ3) is 3.45. The fraction of sp³-hybridized carbons (Fsp3) is 0.533. The van der Waals surface area contributed by atoms with Gasteiger partial charge < -0.3 is 14.2 Å². The number of anilines is 1. The summed E-state index contributed by atoms with van der Waals surface area (Å²) in [5.41, 5.74) is 0.367. The Hall–Kier alpha value is -2.20. The number of nitrogens with zero attached hydrogens (tertiary/aromatic N) is 5. The lowest BCUT2D eigenvalue weighted by molar-refractivity contribution is 0.206. The summed E-state index contributed by atoms with van der Waals surface area (Å²) in [7, 11) is 0.0741. The van der Waals surface area contributed by atoms with Crippen LogP contribution in [0.3, 0.4) is 0 Å². The van der Waals surface area contributed by atoms with Crippen molar-refractivity contribution in [3.63, 3.8) is 0 Å². The molecule has 0 bridgehead atoms. The van der Waals surface area contributed by atoms with Crippen LogP contribution in [0.4, 0.5) is 5.82 Å². The van der Waals surface area contributed by atoms with Crippen LogP contribution in [-0.4, -0.2) is 61.1 Å². The van der Waals surface area contributed by atoms with Crippen LogP contribution in [-0.2, 0) is 10.0 Å². The predicted molar refractivity (Wildman–Crippen MR) is 90.1 cm³/mol. The van der Waals surface area contributed by atoms with E-state index in [2.05, 4.69) is 15.1 Å². The van der Waals surface area contributed by atoms with Gasteiger partial charge in [0.15, 0.2) is 11.6 Å². The molecule has 0 aliphatic carbocycles. The highest BCUT2D eigenvalue weighted by atomic mass is 32.2. The van der Waals surface area contributed by atoms with Crippen molar-refractivity contribution in [1.82, 2.24) is 19.4 Å². The molecule has 1 aliphatic heterocycles. The van der Waals surface area contributed by atoms with E-state index in [0.29, 0.717) is 36.1 Å². The van der Waals surface area contributed by atoms with Gasteiger partial charge in [0, 0.05) is 20.6 Å². The molecule has 136 valence electrons. The molecule has 2 aromatic heterocycles. The van der Waals surface area contributed by atoms with E-state index in [-0.39, 0.29) is 17.5 Å². The molecule has 1 fully saturated rings. The lowest BCUT2D eigenvalue weighted by atomic mass is 10.3. The van der Waals surface area contributed by atoms with E-state index in [1.54, 1.807) is 20.0 Å². The zero-order valence-corrected chi connectivity index (χ0v) is 15.4. The Bertz CT molecular complexity index is 845. The SMILES string of the molecule is Cc1noc(C)c1S(=O)(=O)N1CCC(Oc2cncc(N(C)C)n2)C1. The van der Waals surface area contributed by atoms with Gasteiger partial charge >= 0.3 is 0 Å². The number of sulfonamides is 1. The Morgan fingerprint density at radius 2 is 2.08 bits per heavy atom. The zero-order chi connectivity index (χ0) is 18.2. The Labute approximate surface area is 146 Å². The first-order chi connectivity index (χ1) is 11.8. The molecule has 0 saturated carbocycles. The Morgan fingerprint density at radius 1 is 1.32 bits per heavy atom. The lowest BCUT2D eigenvalue weighted by Crippen LogP contribution is -2.31. The van der Waals surface area contributed by atoms with Crippen molar-refractivity contribution in [2.45, 2.75) is 31.3 Å². The van der Waals surface area contributed by atoms with Crippen LogP contribution in [0, 0.1) is 13.8 Å². The maximum absolute atomic E-state index is 12.8. The molecule has 3 heterocycles. The van der Waals surface area contributed by atoms with E-state index in [1.807, 2.05) is 19.0 Å². The van der Waals surface area contributed by atoms with E-state index in [4.69, 9.17) is 9.26 Å². The summed E-state index contributed by atoms with van der Waals surface area (Å²) in [6, 6.07) is 0. The average Bonchev–Trinajstić information content (AvgIpc) is 3.15. The lowest BCUT2D eigenvalue weighted by Gasteiger charge is -2.17. The predicted octanol–water partition coefficient (Wildman–Crippen LogP) is 0.989. The molecule has 0 N–H and O–H groups in total. The minimum atomic E-state index is -3.65. The number of hydrogen-bond acceptors (Lipinski definition) is 8. The largest absolute Gasteiger partial charge is 0.472 e. The summed E-state index contributed by atoms with van der Waals surface area (Å²) in [5, 5.41) is 3.73. The van der Waals surface area contributed by atoms with Crippen LogP contribution in [0.15, 0.2) is 21.8 Å². The number of hydrogen-bond donors (Lipinski definition) is 0. The third-order valence-electron chi connectivity index (χ3n) is 4.02. The van der Waals surface area contributed by atoms with Gasteiger partial charge in [-0.15, -0.1) is 0 Å². The number of aromatic nitrogens is 3. The highest BCUT2D eigenvalue weighted by molar-refractivity contribution is 7.89. The fourth-order valence-corrected chi connectivity index (χ4v) is 4.54. The van der Waals surface area contributed by atoms with Gasteiger partial charge in [0.1, 0.15) is 16.7 Å². The van der Waals surface area contributed by atoms with Crippen LogP contribution in [0.5, 0.6) is 5.88 Å². The molecule has 0 aromatic carbocycles. The minimum Gasteiger partial charge on any atom is -0.472 e. The fourth-order valence-electron chi connectivity index (χ4n) is 2.77. The topological polar surface area (TPSA) is 102 Å². The molecule has 0 amide bonds. The number of aryl methyl sites for hydroxylation is 2. The first-order valence-corrected chi connectivity index (χ1v) is 9.32. The second-order valence-corrected chi connectivity index (χ2v) is 8.03. The maximum atomic E-state index is 12.8. The van der Waals surface area contributed by atoms with Crippen LogP contribution in [0.2, 0.25) is 0 Å². The van der Waals surface area contributed by atoms with Gasteiger partial charge in [0.05, 0.1) is 18.9 Å². The summed E-state index contributed by atoms with van der Waals surface area (Å²) < 4.78 is 37.8. The maximum Gasteiger partial charge on any atom is 0.248 e. The first-order valence-electron chi connectivity index (χ1n) is 7.88. The van der Waals surface area contributed by atoms with Gasteiger partial charge in [-0.2, -0.15) is 9.29 Å². The van der Waals surface area contributed by atoms with Crippen LogP contribution >= 0.6 is 0 Å². The minimum absolute atomic E-state index is 0.141. The average molecular weight is 367 g/mol. The highest BCUT2D eigenvalue weighted by Crippen LogP contribution is 2.27. The van der Waals surface area contributed by atoms with E-state index in [9.17, 15) is 8.42 Å². The molecule has 0 radical (unpaired) electrons. The highest BCUT2D eigenvalue weighted by Gasteiger charge is 2.37. The van der Waals surface area contributed by atoms with Crippen LogP contribution < -0.4 is 9.64 Å². The standard InChI is InChI=1S/C15H21N5O4S/c1-10-15(11(2)24-18-10)25(21,22)20-6-5-12(9-20)23-14-8-16-7-13(17-14)19(3)4/h7-8,12H,5-6,9H2,1-4H3. The molecule has 3 rings (SSSR count). The first kappa shape index (κ1) is 17.6. The molecule has 0 spiro atoms. The Morgan fingerprint density at radius 3 is 2.72 bits per heavy atom. The second kappa shape index (κ2) is 6.60. The second-order valence-electron chi connectivity index (χ2n) is 6.15. The van der Waals surface area contributed by atoms with Crippen molar-refractivity contribution in [2.75, 3.05) is 32.1 Å². The van der Waals surface area contributed by atoms with E-state index < -0.39 is 10.0 Å². The van der Waals surface area contributed by atoms with Gasteiger partial charge in [0.2, 0.25) is 15.9 Å². The molecular formula is C15H21N5O4S. The molecule has 1 atom stereocenters. The van der Waals surface area contributed by atoms with Gasteiger partial charge in [-0.25, -0.2) is 8.42 Å². The number of rotatable bonds is 5. The normalized spacial score (nSPS) is 18.5. The quantitative estimate of drug-likeness (QED) is 0.771. The van der Waals surface area contributed by atoms with Gasteiger partial charge in [0.25, 0.3) is 0 Å². The smallest absolute Gasteiger partial charge is 0.248 e. The van der Waals surface area contributed by atoms with Crippen molar-refractivity contribution in [1.29, 1.82) is 0 Å². The number of ether oxygens (including phenoxy) is 1. The summed E-state index contributed by atoms with van der Waals surface area (Å²) >= 11 is 0. The van der Waals surface area contributed by atoms with Crippen molar-refractivity contribution < 1.29 is 17.7 Å². The van der Waals surface area contributed by atoms with Crippen molar-refractivity contribution >= 4 is 15.8 Å². The molecule has 10 heteroatoms. The van der Waals surface area contributed by atoms with Crippen molar-refractivity contribution in [2.24, 2.45) is 0 Å². The summed E-state index contributed by atoms with van der Waals surface area (Å²) in [6.07, 6.45) is 3.46. The molecule has 9 nitrogen and oxygen atoms in total. The monoisotopic (exact) mass is 367 g/mol.